The molecule has 0 spiro atoms. The SMILES string of the molecule is Cn1ccnc1CCNc1nc(C(=O)O)ccc1N. The number of aryl methyl sites for hydroxylation is 1. The fraction of sp³-hybridized carbons (Fsp3) is 0.250. The number of aromatic carboxylic acids is 1. The Labute approximate surface area is 110 Å². The Morgan fingerprint density at radius 3 is 2.95 bits per heavy atom. The van der Waals surface area contributed by atoms with Gasteiger partial charge in [0.05, 0.1) is 5.69 Å². The second-order valence-corrected chi connectivity index (χ2v) is 4.07. The van der Waals surface area contributed by atoms with Crippen molar-refractivity contribution in [3.8, 4) is 0 Å². The summed E-state index contributed by atoms with van der Waals surface area (Å²) in [6.45, 7) is 0.575. The van der Waals surface area contributed by atoms with Gasteiger partial charge in [-0.05, 0) is 12.1 Å². The molecule has 0 bridgehead atoms. The van der Waals surface area contributed by atoms with Gasteiger partial charge >= 0.3 is 5.97 Å². The maximum absolute atomic E-state index is 10.8. The molecule has 0 aliphatic heterocycles. The van der Waals surface area contributed by atoms with Crippen molar-refractivity contribution in [2.24, 2.45) is 7.05 Å². The molecule has 2 aromatic rings. The van der Waals surface area contributed by atoms with Gasteiger partial charge in [-0.1, -0.05) is 0 Å². The molecule has 0 aromatic carbocycles. The van der Waals surface area contributed by atoms with Crippen LogP contribution in [0.15, 0.2) is 24.5 Å². The average molecular weight is 261 g/mol. The zero-order valence-corrected chi connectivity index (χ0v) is 10.5. The summed E-state index contributed by atoms with van der Waals surface area (Å²) in [7, 11) is 1.92. The van der Waals surface area contributed by atoms with Crippen molar-refractivity contribution >= 4 is 17.5 Å². The van der Waals surface area contributed by atoms with Crippen LogP contribution in [0.25, 0.3) is 0 Å². The molecule has 0 fully saturated rings. The smallest absolute Gasteiger partial charge is 0.354 e. The van der Waals surface area contributed by atoms with Crippen LogP contribution < -0.4 is 11.1 Å². The normalized spacial score (nSPS) is 10.4. The van der Waals surface area contributed by atoms with Crippen molar-refractivity contribution in [1.29, 1.82) is 0 Å². The van der Waals surface area contributed by atoms with E-state index in [2.05, 4.69) is 15.3 Å². The third-order valence-electron chi connectivity index (χ3n) is 2.71. The van der Waals surface area contributed by atoms with Crippen LogP contribution in [0.5, 0.6) is 0 Å². The Hall–Kier alpha value is -2.57. The van der Waals surface area contributed by atoms with Crippen LogP contribution >= 0.6 is 0 Å². The van der Waals surface area contributed by atoms with E-state index in [9.17, 15) is 4.79 Å². The first-order chi connectivity index (χ1) is 9.08. The van der Waals surface area contributed by atoms with E-state index >= 15 is 0 Å². The number of anilines is 2. The van der Waals surface area contributed by atoms with E-state index in [0.29, 0.717) is 24.5 Å². The zero-order valence-electron chi connectivity index (χ0n) is 10.5. The first kappa shape index (κ1) is 12.9. The lowest BCUT2D eigenvalue weighted by Gasteiger charge is -2.09. The Balaban J connectivity index is 2.01. The van der Waals surface area contributed by atoms with Gasteiger partial charge in [-0.25, -0.2) is 14.8 Å². The van der Waals surface area contributed by atoms with Gasteiger partial charge in [-0.2, -0.15) is 0 Å². The standard InChI is InChI=1S/C12H15N5O2/c1-17-7-6-14-10(17)4-5-15-11-8(13)2-3-9(16-11)12(18)19/h2-3,6-7H,4-5,13H2,1H3,(H,15,16)(H,18,19). The summed E-state index contributed by atoms with van der Waals surface area (Å²) in [5.41, 5.74) is 6.13. The molecule has 2 heterocycles. The zero-order chi connectivity index (χ0) is 13.8. The topological polar surface area (TPSA) is 106 Å². The highest BCUT2D eigenvalue weighted by molar-refractivity contribution is 5.86. The number of carbonyl (C=O) groups is 1. The number of nitrogens with two attached hydrogens (primary N) is 1. The van der Waals surface area contributed by atoms with Gasteiger partial charge in [-0.15, -0.1) is 0 Å². The van der Waals surface area contributed by atoms with E-state index in [1.54, 1.807) is 6.20 Å². The Morgan fingerprint density at radius 1 is 1.53 bits per heavy atom. The van der Waals surface area contributed by atoms with E-state index < -0.39 is 5.97 Å². The molecule has 2 rings (SSSR count). The van der Waals surface area contributed by atoms with Gasteiger partial charge in [0.1, 0.15) is 11.6 Å². The minimum absolute atomic E-state index is 0.0336. The van der Waals surface area contributed by atoms with Crippen molar-refractivity contribution in [3.05, 3.63) is 36.0 Å². The lowest BCUT2D eigenvalue weighted by Crippen LogP contribution is -2.12. The van der Waals surface area contributed by atoms with Crippen LogP contribution in [0, 0.1) is 0 Å². The second kappa shape index (κ2) is 5.38. The Bertz CT molecular complexity index is 594. The predicted molar refractivity (Wildman–Crippen MR) is 71.0 cm³/mol. The number of rotatable bonds is 5. The molecule has 7 heteroatoms. The molecule has 0 amide bonds. The molecule has 0 saturated heterocycles. The minimum Gasteiger partial charge on any atom is -0.477 e. The van der Waals surface area contributed by atoms with Crippen molar-refractivity contribution in [2.75, 3.05) is 17.6 Å². The minimum atomic E-state index is -1.08. The van der Waals surface area contributed by atoms with E-state index in [-0.39, 0.29) is 5.69 Å². The summed E-state index contributed by atoms with van der Waals surface area (Å²) in [6, 6.07) is 2.90. The number of hydrogen-bond acceptors (Lipinski definition) is 5. The number of imidazole rings is 1. The molecule has 7 nitrogen and oxygen atoms in total. The molecule has 0 aliphatic rings. The molecule has 19 heavy (non-hydrogen) atoms. The highest BCUT2D eigenvalue weighted by atomic mass is 16.4. The van der Waals surface area contributed by atoms with Gasteiger partial charge in [0.25, 0.3) is 0 Å². The Morgan fingerprint density at radius 2 is 2.32 bits per heavy atom. The number of nitrogen functional groups attached to an aromatic ring is 1. The molecule has 0 saturated carbocycles. The van der Waals surface area contributed by atoms with Gasteiger partial charge < -0.3 is 20.7 Å². The summed E-state index contributed by atoms with van der Waals surface area (Å²) in [6.07, 6.45) is 4.29. The highest BCUT2D eigenvalue weighted by Gasteiger charge is 2.08. The van der Waals surface area contributed by atoms with Crippen molar-refractivity contribution in [2.45, 2.75) is 6.42 Å². The monoisotopic (exact) mass is 261 g/mol. The van der Waals surface area contributed by atoms with Crippen LogP contribution in [0.3, 0.4) is 0 Å². The van der Waals surface area contributed by atoms with E-state index in [1.807, 2.05) is 17.8 Å². The third-order valence-corrected chi connectivity index (χ3v) is 2.71. The predicted octanol–water partition coefficient (Wildman–Crippen LogP) is 0.750. The maximum Gasteiger partial charge on any atom is 0.354 e. The maximum atomic E-state index is 10.8. The molecule has 2 aromatic heterocycles. The van der Waals surface area contributed by atoms with Crippen LogP contribution in [0.1, 0.15) is 16.3 Å². The molecule has 0 unspecified atom stereocenters. The fourth-order valence-electron chi connectivity index (χ4n) is 1.66. The molecular formula is C12H15N5O2. The number of hydrogen-bond donors (Lipinski definition) is 3. The number of nitrogens with one attached hydrogen (secondary N) is 1. The molecular weight excluding hydrogens is 246 g/mol. The van der Waals surface area contributed by atoms with Gasteiger partial charge in [-0.3, -0.25) is 0 Å². The van der Waals surface area contributed by atoms with Gasteiger partial charge in [0.2, 0.25) is 0 Å². The van der Waals surface area contributed by atoms with Crippen LogP contribution in [-0.4, -0.2) is 32.2 Å². The summed E-state index contributed by atoms with van der Waals surface area (Å²) < 4.78 is 1.92. The van der Waals surface area contributed by atoms with E-state index in [4.69, 9.17) is 10.8 Å². The molecule has 4 N–H and O–H groups in total. The van der Waals surface area contributed by atoms with Crippen molar-refractivity contribution in [1.82, 2.24) is 14.5 Å². The summed E-state index contributed by atoms with van der Waals surface area (Å²) in [5, 5.41) is 11.9. The first-order valence-corrected chi connectivity index (χ1v) is 5.78. The van der Waals surface area contributed by atoms with E-state index in [0.717, 1.165) is 5.82 Å². The highest BCUT2D eigenvalue weighted by Crippen LogP contribution is 2.15. The Kier molecular flexibility index (Phi) is 3.65. The second-order valence-electron chi connectivity index (χ2n) is 4.07. The number of carboxylic acid groups (broad SMARTS) is 1. The molecule has 100 valence electrons. The first-order valence-electron chi connectivity index (χ1n) is 5.78. The van der Waals surface area contributed by atoms with Crippen LogP contribution in [0.4, 0.5) is 11.5 Å². The average Bonchev–Trinajstić information content (AvgIpc) is 2.77. The number of aromatic nitrogens is 3. The quantitative estimate of drug-likeness (QED) is 0.733. The van der Waals surface area contributed by atoms with Crippen molar-refractivity contribution < 1.29 is 9.90 Å². The lowest BCUT2D eigenvalue weighted by atomic mass is 10.3. The number of pyridine rings is 1. The summed E-state index contributed by atoms with van der Waals surface area (Å²) in [4.78, 5) is 19.0. The molecule has 0 radical (unpaired) electrons. The fourth-order valence-corrected chi connectivity index (χ4v) is 1.66. The number of carboxylic acids is 1. The molecule has 0 atom stereocenters. The molecule has 0 aliphatic carbocycles. The lowest BCUT2D eigenvalue weighted by molar-refractivity contribution is 0.0690. The van der Waals surface area contributed by atoms with Gasteiger partial charge in [0, 0.05) is 32.4 Å². The number of nitrogens with zero attached hydrogens (tertiary/aromatic N) is 3. The third kappa shape index (κ3) is 3.01. The van der Waals surface area contributed by atoms with Crippen LogP contribution in [0.2, 0.25) is 0 Å². The van der Waals surface area contributed by atoms with Crippen molar-refractivity contribution in [3.63, 3.8) is 0 Å². The summed E-state index contributed by atoms with van der Waals surface area (Å²) in [5.74, 6) is 0.238. The van der Waals surface area contributed by atoms with Crippen LogP contribution in [-0.2, 0) is 13.5 Å². The largest absolute Gasteiger partial charge is 0.477 e. The summed E-state index contributed by atoms with van der Waals surface area (Å²) >= 11 is 0. The van der Waals surface area contributed by atoms with Gasteiger partial charge in [0.15, 0.2) is 5.69 Å². The van der Waals surface area contributed by atoms with E-state index in [1.165, 1.54) is 12.1 Å².